The standard InChI is InChI=1S/C29H32N2Si/c1-21(2)32(22(3)4,23(5)6)17-16-24-12-14-26-18-28(25-10-8-7-9-11-25)29(19-30,20-31)27(26)15-13-24/h7-15,18,21-23,27H,1-6H3. The summed E-state index contributed by atoms with van der Waals surface area (Å²) < 4.78 is 0. The highest BCUT2D eigenvalue weighted by Crippen LogP contribution is 2.52. The number of allylic oxidation sites excluding steroid dienone is 8. The van der Waals surface area contributed by atoms with Gasteiger partial charge in [-0.1, -0.05) is 96.0 Å². The fourth-order valence-corrected chi connectivity index (χ4v) is 10.8. The second-order valence-corrected chi connectivity index (χ2v) is 15.3. The van der Waals surface area contributed by atoms with E-state index < -0.39 is 13.5 Å². The molecule has 1 atom stereocenters. The summed E-state index contributed by atoms with van der Waals surface area (Å²) in [7, 11) is -1.83. The van der Waals surface area contributed by atoms with Gasteiger partial charge in [-0.25, -0.2) is 0 Å². The molecule has 0 aliphatic heterocycles. The minimum absolute atomic E-state index is 0.300. The third kappa shape index (κ3) is 3.81. The van der Waals surface area contributed by atoms with Crippen LogP contribution in [-0.4, -0.2) is 8.07 Å². The first-order valence-electron chi connectivity index (χ1n) is 11.5. The molecule has 162 valence electrons. The summed E-state index contributed by atoms with van der Waals surface area (Å²) in [5.74, 6) is 3.20. The maximum absolute atomic E-state index is 10.1. The van der Waals surface area contributed by atoms with Crippen LogP contribution in [0.4, 0.5) is 0 Å². The van der Waals surface area contributed by atoms with Crippen molar-refractivity contribution in [2.75, 3.05) is 0 Å². The summed E-state index contributed by atoms with van der Waals surface area (Å²) in [4.78, 5) is 0. The molecule has 0 heterocycles. The van der Waals surface area contributed by atoms with Crippen molar-refractivity contribution >= 4 is 13.6 Å². The van der Waals surface area contributed by atoms with Crippen LogP contribution < -0.4 is 0 Å². The van der Waals surface area contributed by atoms with Gasteiger partial charge in [0.15, 0.2) is 5.41 Å². The van der Waals surface area contributed by atoms with Gasteiger partial charge in [0.2, 0.25) is 0 Å². The molecule has 0 radical (unpaired) electrons. The summed E-state index contributed by atoms with van der Waals surface area (Å²) in [6.07, 6.45) is 10.1. The van der Waals surface area contributed by atoms with Crippen LogP contribution in [0, 0.1) is 45.5 Å². The van der Waals surface area contributed by atoms with Gasteiger partial charge < -0.3 is 0 Å². The fraction of sp³-hybridized carbons (Fsp3) is 0.379. The second kappa shape index (κ2) is 9.20. The van der Waals surface area contributed by atoms with E-state index in [0.29, 0.717) is 16.6 Å². The molecule has 0 bridgehead atoms. The highest BCUT2D eigenvalue weighted by molar-refractivity contribution is 6.90. The molecule has 32 heavy (non-hydrogen) atoms. The summed E-state index contributed by atoms with van der Waals surface area (Å²) in [6.45, 7) is 13.9. The highest BCUT2D eigenvalue weighted by Gasteiger charge is 2.48. The lowest BCUT2D eigenvalue weighted by atomic mass is 9.73. The number of hydrogen-bond acceptors (Lipinski definition) is 2. The van der Waals surface area contributed by atoms with E-state index in [9.17, 15) is 10.5 Å². The Hall–Kier alpha value is -3.06. The summed E-state index contributed by atoms with van der Waals surface area (Å²) >= 11 is 0. The van der Waals surface area contributed by atoms with Crippen LogP contribution in [0.2, 0.25) is 16.6 Å². The van der Waals surface area contributed by atoms with Gasteiger partial charge in [-0.05, 0) is 45.5 Å². The molecule has 1 unspecified atom stereocenters. The lowest BCUT2D eigenvalue weighted by Crippen LogP contribution is -2.43. The Kier molecular flexibility index (Phi) is 6.78. The van der Waals surface area contributed by atoms with Gasteiger partial charge in [-0.2, -0.15) is 10.5 Å². The monoisotopic (exact) mass is 436 g/mol. The predicted octanol–water partition coefficient (Wildman–Crippen LogP) is 7.38. The number of rotatable bonds is 4. The molecule has 2 nitrogen and oxygen atoms in total. The number of benzene rings is 1. The molecule has 0 fully saturated rings. The number of nitrogens with zero attached hydrogens (tertiary/aromatic N) is 2. The Balaban J connectivity index is 2.07. The van der Waals surface area contributed by atoms with Crippen LogP contribution in [0.3, 0.4) is 0 Å². The number of hydrogen-bond donors (Lipinski definition) is 0. The zero-order valence-corrected chi connectivity index (χ0v) is 21.0. The molecule has 0 aromatic heterocycles. The summed E-state index contributed by atoms with van der Waals surface area (Å²) in [6, 6.07) is 14.4. The fourth-order valence-electron chi connectivity index (χ4n) is 5.55. The zero-order valence-electron chi connectivity index (χ0n) is 20.0. The van der Waals surface area contributed by atoms with Crippen LogP contribution >= 0.6 is 0 Å². The SMILES string of the molecule is CC(C)[Si](C#CC1=CC=C2C=C(c3ccccc3)C(C#N)(C#N)C2C=C1)(C(C)C)C(C)C. The Labute approximate surface area is 194 Å². The van der Waals surface area contributed by atoms with E-state index in [2.05, 4.69) is 65.1 Å². The second-order valence-electron chi connectivity index (χ2n) is 9.73. The van der Waals surface area contributed by atoms with Crippen LogP contribution in [0.25, 0.3) is 5.57 Å². The van der Waals surface area contributed by atoms with Crippen LogP contribution in [0.15, 0.2) is 71.9 Å². The Morgan fingerprint density at radius 1 is 0.875 bits per heavy atom. The molecule has 0 N–H and O–H groups in total. The molecule has 0 spiro atoms. The van der Waals surface area contributed by atoms with E-state index in [4.69, 9.17) is 0 Å². The molecule has 2 aliphatic rings. The van der Waals surface area contributed by atoms with Gasteiger partial charge in [-0.15, -0.1) is 5.54 Å². The van der Waals surface area contributed by atoms with Crippen molar-refractivity contribution in [3.05, 3.63) is 77.4 Å². The first-order valence-corrected chi connectivity index (χ1v) is 13.7. The first kappa shape index (κ1) is 23.6. The Bertz CT molecular complexity index is 1100. The van der Waals surface area contributed by atoms with Crippen LogP contribution in [0.1, 0.15) is 47.1 Å². The third-order valence-electron chi connectivity index (χ3n) is 7.21. The van der Waals surface area contributed by atoms with E-state index >= 15 is 0 Å². The van der Waals surface area contributed by atoms with Gasteiger partial charge in [0, 0.05) is 11.5 Å². The van der Waals surface area contributed by atoms with Gasteiger partial charge >= 0.3 is 0 Å². The highest BCUT2D eigenvalue weighted by atomic mass is 28.3. The lowest BCUT2D eigenvalue weighted by Gasteiger charge is -2.38. The molecule has 1 aromatic carbocycles. The van der Waals surface area contributed by atoms with Crippen molar-refractivity contribution in [3.63, 3.8) is 0 Å². The Morgan fingerprint density at radius 2 is 1.47 bits per heavy atom. The van der Waals surface area contributed by atoms with Crippen molar-refractivity contribution < 1.29 is 0 Å². The molecule has 3 heteroatoms. The largest absolute Gasteiger partial charge is 0.196 e. The molecule has 0 saturated carbocycles. The van der Waals surface area contributed by atoms with Gasteiger partial charge in [0.25, 0.3) is 0 Å². The Morgan fingerprint density at radius 3 is 2.00 bits per heavy atom. The van der Waals surface area contributed by atoms with E-state index in [1.165, 1.54) is 0 Å². The lowest BCUT2D eigenvalue weighted by molar-refractivity contribution is 0.578. The average Bonchev–Trinajstić information content (AvgIpc) is 2.94. The normalized spacial score (nSPS) is 19.2. The molecular formula is C29H32N2Si. The van der Waals surface area contributed by atoms with Crippen molar-refractivity contribution in [2.45, 2.75) is 58.2 Å². The minimum Gasteiger partial charge on any atom is -0.196 e. The van der Waals surface area contributed by atoms with E-state index in [-0.39, 0.29) is 5.92 Å². The van der Waals surface area contributed by atoms with Crippen molar-refractivity contribution in [3.8, 4) is 23.6 Å². The zero-order chi connectivity index (χ0) is 23.5. The van der Waals surface area contributed by atoms with Crippen LogP contribution in [0.5, 0.6) is 0 Å². The van der Waals surface area contributed by atoms with Crippen molar-refractivity contribution in [1.82, 2.24) is 0 Å². The maximum Gasteiger partial charge on any atom is 0.179 e. The topological polar surface area (TPSA) is 47.6 Å². The average molecular weight is 437 g/mol. The predicted molar refractivity (Wildman–Crippen MR) is 136 cm³/mol. The van der Waals surface area contributed by atoms with Crippen molar-refractivity contribution in [1.29, 1.82) is 10.5 Å². The smallest absolute Gasteiger partial charge is 0.179 e. The van der Waals surface area contributed by atoms with Gasteiger partial charge in [-0.3, -0.25) is 0 Å². The summed E-state index contributed by atoms with van der Waals surface area (Å²) in [5, 5.41) is 20.2. The molecular weight excluding hydrogens is 404 g/mol. The quantitative estimate of drug-likeness (QED) is 0.365. The minimum atomic E-state index is -1.83. The van der Waals surface area contributed by atoms with E-state index in [0.717, 1.165) is 22.3 Å². The van der Waals surface area contributed by atoms with E-state index in [1.54, 1.807) is 0 Å². The van der Waals surface area contributed by atoms with Crippen LogP contribution in [-0.2, 0) is 0 Å². The molecule has 3 rings (SSSR count). The van der Waals surface area contributed by atoms with Crippen molar-refractivity contribution in [2.24, 2.45) is 11.3 Å². The first-order chi connectivity index (χ1) is 15.2. The summed E-state index contributed by atoms with van der Waals surface area (Å²) in [5.41, 5.74) is 7.89. The van der Waals surface area contributed by atoms with Gasteiger partial charge in [0.1, 0.15) is 8.07 Å². The number of nitriles is 2. The molecule has 0 amide bonds. The van der Waals surface area contributed by atoms with E-state index in [1.807, 2.05) is 60.7 Å². The maximum atomic E-state index is 10.1. The molecule has 2 aliphatic carbocycles. The van der Waals surface area contributed by atoms with Gasteiger partial charge in [0.05, 0.1) is 12.1 Å². The molecule has 1 aromatic rings. The molecule has 0 saturated heterocycles. The third-order valence-corrected chi connectivity index (χ3v) is 13.5. The number of fused-ring (bicyclic) bond motifs is 1.